The standard InChI is InChI=1S/C14H11BF3/c16-15(17,18)14(13-9-5-2-6-10-13)11-12-7-3-1-4-8-12/h1-11H/q-1/b14-11-. The van der Waals surface area contributed by atoms with Gasteiger partial charge in [0.2, 0.25) is 0 Å². The molecular weight excluding hydrogens is 236 g/mol. The van der Waals surface area contributed by atoms with E-state index in [4.69, 9.17) is 0 Å². The molecule has 18 heavy (non-hydrogen) atoms. The molecule has 0 fully saturated rings. The van der Waals surface area contributed by atoms with Gasteiger partial charge in [0.15, 0.2) is 0 Å². The maximum absolute atomic E-state index is 13.1. The first kappa shape index (κ1) is 12.5. The van der Waals surface area contributed by atoms with Gasteiger partial charge in [-0.3, -0.25) is 0 Å². The van der Waals surface area contributed by atoms with E-state index in [1.807, 2.05) is 0 Å². The topological polar surface area (TPSA) is 0 Å². The van der Waals surface area contributed by atoms with Crippen molar-refractivity contribution in [1.29, 1.82) is 0 Å². The molecule has 2 rings (SSSR count). The van der Waals surface area contributed by atoms with E-state index in [2.05, 4.69) is 0 Å². The molecule has 0 atom stereocenters. The van der Waals surface area contributed by atoms with Crippen molar-refractivity contribution in [3.63, 3.8) is 0 Å². The van der Waals surface area contributed by atoms with Crippen LogP contribution < -0.4 is 0 Å². The van der Waals surface area contributed by atoms with Crippen LogP contribution in [0.5, 0.6) is 0 Å². The lowest BCUT2D eigenvalue weighted by Gasteiger charge is -2.20. The molecule has 0 aliphatic rings. The zero-order valence-corrected chi connectivity index (χ0v) is 9.56. The molecule has 0 unspecified atom stereocenters. The second-order valence-electron chi connectivity index (χ2n) is 3.95. The van der Waals surface area contributed by atoms with Gasteiger partial charge in [-0.25, -0.2) is 0 Å². The summed E-state index contributed by atoms with van der Waals surface area (Å²) in [7, 11) is 0. The van der Waals surface area contributed by atoms with Crippen molar-refractivity contribution in [2.45, 2.75) is 0 Å². The van der Waals surface area contributed by atoms with E-state index in [-0.39, 0.29) is 5.56 Å². The molecule has 0 saturated carbocycles. The third-order valence-corrected chi connectivity index (χ3v) is 2.58. The quantitative estimate of drug-likeness (QED) is 0.548. The molecular formula is C14H11BF3-. The Morgan fingerprint density at radius 1 is 0.778 bits per heavy atom. The summed E-state index contributed by atoms with van der Waals surface area (Å²) < 4.78 is 39.3. The van der Waals surface area contributed by atoms with Crippen molar-refractivity contribution in [1.82, 2.24) is 0 Å². The fourth-order valence-corrected chi connectivity index (χ4v) is 1.73. The Morgan fingerprint density at radius 3 is 1.78 bits per heavy atom. The Balaban J connectivity index is 2.48. The van der Waals surface area contributed by atoms with Crippen LogP contribution in [0.4, 0.5) is 12.9 Å². The highest BCUT2D eigenvalue weighted by Gasteiger charge is 2.29. The minimum absolute atomic E-state index is 0.203. The van der Waals surface area contributed by atoms with E-state index in [1.54, 1.807) is 48.5 Å². The summed E-state index contributed by atoms with van der Waals surface area (Å²) in [4.78, 5) is 0. The maximum Gasteiger partial charge on any atom is 0.510 e. The van der Waals surface area contributed by atoms with Crippen LogP contribution in [0, 0.1) is 0 Å². The zero-order valence-electron chi connectivity index (χ0n) is 9.56. The van der Waals surface area contributed by atoms with Crippen LogP contribution in [0.2, 0.25) is 0 Å². The third-order valence-electron chi connectivity index (χ3n) is 2.58. The van der Waals surface area contributed by atoms with E-state index in [0.29, 0.717) is 5.56 Å². The molecule has 2 aromatic rings. The Hall–Kier alpha value is -1.97. The van der Waals surface area contributed by atoms with E-state index in [9.17, 15) is 12.9 Å². The Morgan fingerprint density at radius 2 is 1.28 bits per heavy atom. The lowest BCUT2D eigenvalue weighted by Crippen LogP contribution is -2.18. The summed E-state index contributed by atoms with van der Waals surface area (Å²) in [5.41, 5.74) is 0.186. The highest BCUT2D eigenvalue weighted by atomic mass is 19.4. The molecule has 0 aromatic heterocycles. The van der Waals surface area contributed by atoms with Crippen LogP contribution in [0.1, 0.15) is 11.1 Å². The normalized spacial score (nSPS) is 12.5. The second kappa shape index (κ2) is 5.13. The van der Waals surface area contributed by atoms with Crippen molar-refractivity contribution in [2.24, 2.45) is 0 Å². The smallest absolute Gasteiger partial charge is 0.445 e. The van der Waals surface area contributed by atoms with Crippen molar-refractivity contribution in [3.8, 4) is 0 Å². The van der Waals surface area contributed by atoms with Gasteiger partial charge in [-0.15, -0.1) is 5.47 Å². The van der Waals surface area contributed by atoms with Crippen LogP contribution in [0.25, 0.3) is 11.5 Å². The van der Waals surface area contributed by atoms with Crippen LogP contribution >= 0.6 is 0 Å². The zero-order chi connectivity index (χ0) is 13.0. The average Bonchev–Trinajstić information content (AvgIpc) is 2.37. The molecule has 2 aromatic carbocycles. The van der Waals surface area contributed by atoms with Gasteiger partial charge in [-0.05, 0) is 5.56 Å². The van der Waals surface area contributed by atoms with Crippen molar-refractivity contribution in [3.05, 3.63) is 71.8 Å². The predicted octanol–water partition coefficient (Wildman–Crippen LogP) is 4.61. The molecule has 0 N–H and O–H groups in total. The highest BCUT2D eigenvalue weighted by molar-refractivity contribution is 6.80. The summed E-state index contributed by atoms with van der Waals surface area (Å²) in [6.45, 7) is -5.03. The Bertz CT molecular complexity index is 530. The second-order valence-corrected chi connectivity index (χ2v) is 3.95. The van der Waals surface area contributed by atoms with Gasteiger partial charge >= 0.3 is 6.98 Å². The molecule has 0 heterocycles. The number of halogens is 3. The first-order chi connectivity index (χ1) is 8.57. The van der Waals surface area contributed by atoms with Gasteiger partial charge in [0.05, 0.1) is 0 Å². The molecule has 0 spiro atoms. The lowest BCUT2D eigenvalue weighted by atomic mass is 9.74. The molecule has 0 amide bonds. The summed E-state index contributed by atoms with van der Waals surface area (Å²) in [5, 5.41) is 0. The van der Waals surface area contributed by atoms with Crippen molar-refractivity contribution < 1.29 is 12.9 Å². The molecule has 0 aliphatic carbocycles. The van der Waals surface area contributed by atoms with Gasteiger partial charge in [0.25, 0.3) is 0 Å². The molecule has 4 heteroatoms. The van der Waals surface area contributed by atoms with E-state index < -0.39 is 12.4 Å². The van der Waals surface area contributed by atoms with Gasteiger partial charge in [0, 0.05) is 0 Å². The number of rotatable bonds is 3. The molecule has 0 aliphatic heterocycles. The minimum Gasteiger partial charge on any atom is -0.445 e. The molecule has 0 bridgehead atoms. The Kier molecular flexibility index (Phi) is 3.56. The molecule has 0 saturated heterocycles. The largest absolute Gasteiger partial charge is 0.510 e. The summed E-state index contributed by atoms with van der Waals surface area (Å²) in [6.07, 6.45) is 1.19. The van der Waals surface area contributed by atoms with E-state index in [0.717, 1.165) is 0 Å². The van der Waals surface area contributed by atoms with Gasteiger partial charge < -0.3 is 12.9 Å². The first-order valence-electron chi connectivity index (χ1n) is 5.59. The van der Waals surface area contributed by atoms with Gasteiger partial charge in [0.1, 0.15) is 0 Å². The SMILES string of the molecule is F[B-](F)(F)/C(=C\c1ccccc1)c1ccccc1. The number of hydrogen-bond acceptors (Lipinski definition) is 0. The van der Waals surface area contributed by atoms with Crippen molar-refractivity contribution in [2.75, 3.05) is 0 Å². The maximum atomic E-state index is 13.1. The molecule has 0 radical (unpaired) electrons. The van der Waals surface area contributed by atoms with E-state index in [1.165, 1.54) is 18.2 Å². The van der Waals surface area contributed by atoms with Crippen LogP contribution in [0.3, 0.4) is 0 Å². The lowest BCUT2D eigenvalue weighted by molar-refractivity contribution is 0.503. The number of hydrogen-bond donors (Lipinski definition) is 0. The van der Waals surface area contributed by atoms with Gasteiger partial charge in [-0.2, -0.15) is 0 Å². The fourth-order valence-electron chi connectivity index (χ4n) is 1.73. The van der Waals surface area contributed by atoms with Crippen molar-refractivity contribution >= 4 is 18.5 Å². The summed E-state index contributed by atoms with van der Waals surface area (Å²) >= 11 is 0. The number of benzene rings is 2. The Labute approximate surface area is 104 Å². The third kappa shape index (κ3) is 3.03. The van der Waals surface area contributed by atoms with Gasteiger partial charge in [-0.1, -0.05) is 72.3 Å². The van der Waals surface area contributed by atoms with Crippen LogP contribution in [-0.2, 0) is 0 Å². The highest BCUT2D eigenvalue weighted by Crippen LogP contribution is 2.31. The molecule has 92 valence electrons. The summed E-state index contributed by atoms with van der Waals surface area (Å²) in [5.74, 6) is 0. The summed E-state index contributed by atoms with van der Waals surface area (Å²) in [6, 6.07) is 16.4. The average molecular weight is 247 g/mol. The minimum atomic E-state index is -5.03. The van der Waals surface area contributed by atoms with E-state index >= 15 is 0 Å². The predicted molar refractivity (Wildman–Crippen MR) is 69.8 cm³/mol. The first-order valence-corrected chi connectivity index (χ1v) is 5.59. The fraction of sp³-hybridized carbons (Fsp3) is 0. The van der Waals surface area contributed by atoms with Crippen LogP contribution in [0.15, 0.2) is 60.7 Å². The monoisotopic (exact) mass is 247 g/mol. The molecule has 0 nitrogen and oxygen atoms in total. The van der Waals surface area contributed by atoms with Crippen LogP contribution in [-0.4, -0.2) is 6.98 Å².